The summed E-state index contributed by atoms with van der Waals surface area (Å²) in [7, 11) is 0. The third-order valence-electron chi connectivity index (χ3n) is 4.19. The molecule has 0 atom stereocenters. The zero-order chi connectivity index (χ0) is 21.3. The van der Waals surface area contributed by atoms with Gasteiger partial charge in [0.2, 0.25) is 0 Å². The van der Waals surface area contributed by atoms with Crippen molar-refractivity contribution in [1.29, 1.82) is 0 Å². The summed E-state index contributed by atoms with van der Waals surface area (Å²) in [4.78, 5) is 0. The van der Waals surface area contributed by atoms with Crippen molar-refractivity contribution in [3.8, 4) is 11.5 Å². The Morgan fingerprint density at radius 1 is 0.967 bits per heavy atom. The number of nitrogens with zero attached hydrogens (tertiary/aromatic N) is 1. The van der Waals surface area contributed by atoms with Crippen molar-refractivity contribution in [2.24, 2.45) is 5.10 Å². The van der Waals surface area contributed by atoms with E-state index in [0.29, 0.717) is 41.3 Å². The summed E-state index contributed by atoms with van der Waals surface area (Å²) in [5.74, 6) is 1.25. The highest BCUT2D eigenvalue weighted by molar-refractivity contribution is 9.10. The molecule has 0 saturated heterocycles. The Morgan fingerprint density at radius 3 is 2.30 bits per heavy atom. The molecular formula is C23H21BrCl2N2O2. The summed E-state index contributed by atoms with van der Waals surface area (Å²) in [5, 5.41) is 5.66. The van der Waals surface area contributed by atoms with E-state index in [1.54, 1.807) is 6.21 Å². The quantitative estimate of drug-likeness (QED) is 0.254. The van der Waals surface area contributed by atoms with Gasteiger partial charge < -0.3 is 14.9 Å². The van der Waals surface area contributed by atoms with Crippen LogP contribution in [0.5, 0.6) is 11.5 Å². The van der Waals surface area contributed by atoms with Crippen LogP contribution in [0.25, 0.3) is 0 Å². The Labute approximate surface area is 194 Å². The molecule has 0 radical (unpaired) electrons. The van der Waals surface area contributed by atoms with E-state index in [1.807, 2.05) is 67.6 Å². The molecule has 3 aromatic carbocycles. The Hall–Kier alpha value is -2.21. The number of ether oxygens (including phenoxy) is 2. The van der Waals surface area contributed by atoms with Gasteiger partial charge in [0.05, 0.1) is 23.8 Å². The standard InChI is InChI=1S/C23H21BrCl2N2O2/c1-2-29-22-12-16(13-27-28-14-17-7-3-5-9-20(17)25)11-19(24)23(22)30-15-18-8-4-6-10-21(18)26/h3-13,28H,2,14-15H2,1H3/b27-13-. The number of hydrazone groups is 1. The Bertz CT molecular complexity index is 1030. The monoisotopic (exact) mass is 506 g/mol. The van der Waals surface area contributed by atoms with Crippen molar-refractivity contribution in [2.45, 2.75) is 20.1 Å². The second-order valence-electron chi connectivity index (χ2n) is 6.33. The van der Waals surface area contributed by atoms with Gasteiger partial charge in [0.25, 0.3) is 0 Å². The first kappa shape index (κ1) is 22.5. The molecule has 0 aliphatic heterocycles. The molecule has 0 aromatic heterocycles. The highest BCUT2D eigenvalue weighted by atomic mass is 79.9. The number of hydrogen-bond acceptors (Lipinski definition) is 4. The lowest BCUT2D eigenvalue weighted by molar-refractivity contribution is 0.267. The van der Waals surface area contributed by atoms with Gasteiger partial charge in [-0.3, -0.25) is 0 Å². The molecule has 0 spiro atoms. The van der Waals surface area contributed by atoms with Gasteiger partial charge in [-0.1, -0.05) is 59.6 Å². The van der Waals surface area contributed by atoms with Crippen molar-refractivity contribution in [1.82, 2.24) is 5.43 Å². The molecule has 0 saturated carbocycles. The average Bonchev–Trinajstić information content (AvgIpc) is 2.73. The third kappa shape index (κ3) is 6.14. The van der Waals surface area contributed by atoms with Gasteiger partial charge in [-0.25, -0.2) is 0 Å². The van der Waals surface area contributed by atoms with E-state index >= 15 is 0 Å². The topological polar surface area (TPSA) is 42.8 Å². The van der Waals surface area contributed by atoms with Gasteiger partial charge in [0, 0.05) is 15.6 Å². The number of nitrogens with one attached hydrogen (secondary N) is 1. The molecule has 156 valence electrons. The number of rotatable bonds is 9. The van der Waals surface area contributed by atoms with Crippen molar-refractivity contribution in [2.75, 3.05) is 6.61 Å². The van der Waals surface area contributed by atoms with Gasteiger partial charge >= 0.3 is 0 Å². The summed E-state index contributed by atoms with van der Waals surface area (Å²) >= 11 is 16.0. The minimum atomic E-state index is 0.338. The molecule has 7 heteroatoms. The fourth-order valence-corrected chi connectivity index (χ4v) is 3.69. The first-order chi connectivity index (χ1) is 14.6. The Morgan fingerprint density at radius 2 is 1.63 bits per heavy atom. The SMILES string of the molecule is CCOc1cc(/C=N\NCc2ccccc2Cl)cc(Br)c1OCc1ccccc1Cl. The van der Waals surface area contributed by atoms with Gasteiger partial charge in [-0.05, 0) is 58.2 Å². The summed E-state index contributed by atoms with van der Waals surface area (Å²) in [6.07, 6.45) is 1.72. The van der Waals surface area contributed by atoms with Crippen molar-refractivity contribution < 1.29 is 9.47 Å². The molecule has 0 heterocycles. The van der Waals surface area contributed by atoms with Crippen LogP contribution in [0.15, 0.2) is 70.2 Å². The van der Waals surface area contributed by atoms with Crippen LogP contribution in [0.1, 0.15) is 23.6 Å². The molecule has 3 aromatic rings. The number of hydrogen-bond donors (Lipinski definition) is 1. The van der Waals surface area contributed by atoms with E-state index < -0.39 is 0 Å². The minimum Gasteiger partial charge on any atom is -0.490 e. The molecule has 0 aliphatic carbocycles. The highest BCUT2D eigenvalue weighted by Gasteiger charge is 2.13. The van der Waals surface area contributed by atoms with Gasteiger partial charge in [-0.2, -0.15) is 5.10 Å². The normalized spacial score (nSPS) is 10.9. The van der Waals surface area contributed by atoms with Gasteiger partial charge in [0.15, 0.2) is 11.5 Å². The second kappa shape index (κ2) is 11.3. The van der Waals surface area contributed by atoms with Crippen molar-refractivity contribution >= 4 is 45.3 Å². The molecule has 0 amide bonds. The van der Waals surface area contributed by atoms with Crippen LogP contribution in [0.4, 0.5) is 0 Å². The van der Waals surface area contributed by atoms with E-state index in [-0.39, 0.29) is 0 Å². The molecule has 0 fully saturated rings. The molecular weight excluding hydrogens is 487 g/mol. The van der Waals surface area contributed by atoms with Gasteiger partial charge in [-0.15, -0.1) is 0 Å². The summed E-state index contributed by atoms with van der Waals surface area (Å²) in [6, 6.07) is 19.1. The minimum absolute atomic E-state index is 0.338. The van der Waals surface area contributed by atoms with Crippen LogP contribution >= 0.6 is 39.1 Å². The molecule has 1 N–H and O–H groups in total. The zero-order valence-electron chi connectivity index (χ0n) is 16.4. The van der Waals surface area contributed by atoms with Crippen LogP contribution in [-0.2, 0) is 13.2 Å². The third-order valence-corrected chi connectivity index (χ3v) is 5.52. The summed E-state index contributed by atoms with van der Waals surface area (Å²) in [6.45, 7) is 3.32. The van der Waals surface area contributed by atoms with E-state index in [0.717, 1.165) is 21.2 Å². The lowest BCUT2D eigenvalue weighted by Gasteiger charge is -2.15. The fourth-order valence-electron chi connectivity index (χ4n) is 2.72. The fraction of sp³-hybridized carbons (Fsp3) is 0.174. The number of halogens is 3. The lowest BCUT2D eigenvalue weighted by Crippen LogP contribution is -2.06. The van der Waals surface area contributed by atoms with Crippen molar-refractivity contribution in [3.05, 3.63) is 91.9 Å². The molecule has 4 nitrogen and oxygen atoms in total. The number of benzene rings is 3. The highest BCUT2D eigenvalue weighted by Crippen LogP contribution is 2.37. The average molecular weight is 508 g/mol. The largest absolute Gasteiger partial charge is 0.490 e. The smallest absolute Gasteiger partial charge is 0.175 e. The molecule has 30 heavy (non-hydrogen) atoms. The van der Waals surface area contributed by atoms with E-state index in [9.17, 15) is 0 Å². The van der Waals surface area contributed by atoms with Gasteiger partial charge in [0.1, 0.15) is 6.61 Å². The lowest BCUT2D eigenvalue weighted by atomic mass is 10.2. The van der Waals surface area contributed by atoms with E-state index in [2.05, 4.69) is 26.5 Å². The predicted octanol–water partition coefficient (Wildman–Crippen LogP) is 6.86. The molecule has 3 rings (SSSR count). The van der Waals surface area contributed by atoms with Crippen LogP contribution in [0, 0.1) is 0 Å². The maximum absolute atomic E-state index is 6.23. The van der Waals surface area contributed by atoms with E-state index in [4.69, 9.17) is 32.7 Å². The summed E-state index contributed by atoms with van der Waals surface area (Å²) < 4.78 is 12.6. The first-order valence-corrected chi connectivity index (χ1v) is 10.9. The van der Waals surface area contributed by atoms with Crippen molar-refractivity contribution in [3.63, 3.8) is 0 Å². The molecule has 0 unspecified atom stereocenters. The Kier molecular flexibility index (Phi) is 8.43. The molecule has 0 aliphatic rings. The van der Waals surface area contributed by atoms with Crippen LogP contribution in [-0.4, -0.2) is 12.8 Å². The van der Waals surface area contributed by atoms with Crippen LogP contribution in [0.2, 0.25) is 10.0 Å². The predicted molar refractivity (Wildman–Crippen MR) is 127 cm³/mol. The maximum Gasteiger partial charge on any atom is 0.175 e. The first-order valence-electron chi connectivity index (χ1n) is 9.40. The maximum atomic E-state index is 6.23. The van der Waals surface area contributed by atoms with E-state index in [1.165, 1.54) is 0 Å². The second-order valence-corrected chi connectivity index (χ2v) is 8.00. The van der Waals surface area contributed by atoms with Crippen LogP contribution < -0.4 is 14.9 Å². The summed E-state index contributed by atoms with van der Waals surface area (Å²) in [5.41, 5.74) is 5.76. The van der Waals surface area contributed by atoms with Crippen LogP contribution in [0.3, 0.4) is 0 Å². The Balaban J connectivity index is 1.70. The molecule has 0 bridgehead atoms. The zero-order valence-corrected chi connectivity index (χ0v) is 19.5.